The molecule has 1 aromatic heterocycles. The molecule has 1 aliphatic carbocycles. The third-order valence-electron chi connectivity index (χ3n) is 3.62. The minimum atomic E-state index is -0.824. The highest BCUT2D eigenvalue weighted by atomic mass is 16.6. The molecule has 2 atom stereocenters. The maximum absolute atomic E-state index is 11.1. The molecular weight excluding hydrogens is 278 g/mol. The Morgan fingerprint density at radius 2 is 2.29 bits per heavy atom. The Bertz CT molecular complexity index is 549. The first-order valence-corrected chi connectivity index (χ1v) is 6.70. The largest absolute Gasteiger partial charge is 0.481 e. The van der Waals surface area contributed by atoms with Crippen LogP contribution < -0.4 is 10.1 Å². The maximum atomic E-state index is 11.1. The lowest BCUT2D eigenvalue weighted by Crippen LogP contribution is -2.31. The molecule has 0 saturated heterocycles. The number of aliphatic carboxylic acids is 1. The van der Waals surface area contributed by atoms with E-state index in [1.165, 1.54) is 19.2 Å². The zero-order chi connectivity index (χ0) is 15.4. The Morgan fingerprint density at radius 3 is 2.90 bits per heavy atom. The molecule has 8 heteroatoms. The molecule has 0 bridgehead atoms. The summed E-state index contributed by atoms with van der Waals surface area (Å²) < 4.78 is 4.97. The van der Waals surface area contributed by atoms with Crippen molar-refractivity contribution < 1.29 is 19.6 Å². The second-order valence-corrected chi connectivity index (χ2v) is 5.02. The van der Waals surface area contributed by atoms with Crippen molar-refractivity contribution in [2.45, 2.75) is 31.7 Å². The standard InChI is InChI=1S/C13H17N3O5/c1-21-11-6-5-10(16(19)20)12(15-11)14-9-4-2-3-8(7-9)13(17)18/h5-6,8-9H,2-4,7H2,1H3,(H,14,15)(H,17,18). The molecule has 2 unspecified atom stereocenters. The minimum Gasteiger partial charge on any atom is -0.481 e. The average molecular weight is 295 g/mol. The predicted molar refractivity (Wildman–Crippen MR) is 74.4 cm³/mol. The summed E-state index contributed by atoms with van der Waals surface area (Å²) in [6, 6.07) is 2.61. The molecule has 0 aliphatic heterocycles. The second-order valence-electron chi connectivity index (χ2n) is 5.02. The molecule has 0 radical (unpaired) electrons. The van der Waals surface area contributed by atoms with Crippen molar-refractivity contribution >= 4 is 17.5 Å². The number of pyridine rings is 1. The predicted octanol–water partition coefficient (Wildman–Crippen LogP) is 2.05. The van der Waals surface area contributed by atoms with Gasteiger partial charge in [-0.2, -0.15) is 4.98 Å². The highest BCUT2D eigenvalue weighted by Crippen LogP contribution is 2.30. The molecule has 1 fully saturated rings. The number of ether oxygens (including phenoxy) is 1. The van der Waals surface area contributed by atoms with E-state index in [2.05, 4.69) is 10.3 Å². The Morgan fingerprint density at radius 1 is 1.52 bits per heavy atom. The Hall–Kier alpha value is -2.38. The van der Waals surface area contributed by atoms with Crippen LogP contribution in [0.25, 0.3) is 0 Å². The van der Waals surface area contributed by atoms with Gasteiger partial charge in [-0.05, 0) is 19.3 Å². The topological polar surface area (TPSA) is 115 Å². The molecule has 8 nitrogen and oxygen atoms in total. The molecule has 21 heavy (non-hydrogen) atoms. The quantitative estimate of drug-likeness (QED) is 0.631. The molecule has 0 aromatic carbocycles. The number of carboxylic acids is 1. The summed E-state index contributed by atoms with van der Waals surface area (Å²) in [4.78, 5) is 25.6. The van der Waals surface area contributed by atoms with Gasteiger partial charge in [0.1, 0.15) is 0 Å². The summed E-state index contributed by atoms with van der Waals surface area (Å²) in [6.07, 6.45) is 2.61. The maximum Gasteiger partial charge on any atom is 0.311 e. The lowest BCUT2D eigenvalue weighted by atomic mass is 9.86. The molecule has 2 N–H and O–H groups in total. The fraction of sp³-hybridized carbons (Fsp3) is 0.538. The van der Waals surface area contributed by atoms with Crippen LogP contribution in [0.2, 0.25) is 0 Å². The summed E-state index contributed by atoms with van der Waals surface area (Å²) in [5, 5.41) is 23.1. The van der Waals surface area contributed by atoms with E-state index in [1.807, 2.05) is 0 Å². The third kappa shape index (κ3) is 3.59. The number of nitrogens with zero attached hydrogens (tertiary/aromatic N) is 2. The SMILES string of the molecule is COc1ccc([N+](=O)[O-])c(NC2CCCC(C(=O)O)C2)n1. The Labute approximate surface area is 121 Å². The van der Waals surface area contributed by atoms with Crippen LogP contribution in [0.1, 0.15) is 25.7 Å². The van der Waals surface area contributed by atoms with Gasteiger partial charge in [0.25, 0.3) is 0 Å². The van der Waals surface area contributed by atoms with Crippen molar-refractivity contribution in [3.63, 3.8) is 0 Å². The van der Waals surface area contributed by atoms with Gasteiger partial charge in [-0.1, -0.05) is 6.42 Å². The van der Waals surface area contributed by atoms with Gasteiger partial charge in [0, 0.05) is 18.2 Å². The first kappa shape index (κ1) is 15.0. The van der Waals surface area contributed by atoms with Crippen molar-refractivity contribution in [2.24, 2.45) is 5.92 Å². The van der Waals surface area contributed by atoms with Crippen molar-refractivity contribution in [1.82, 2.24) is 4.98 Å². The van der Waals surface area contributed by atoms with Crippen molar-refractivity contribution in [3.8, 4) is 5.88 Å². The van der Waals surface area contributed by atoms with Crippen LogP contribution in [0, 0.1) is 16.0 Å². The highest BCUT2D eigenvalue weighted by Gasteiger charge is 2.28. The minimum absolute atomic E-state index is 0.121. The van der Waals surface area contributed by atoms with E-state index in [9.17, 15) is 14.9 Å². The van der Waals surface area contributed by atoms with Gasteiger partial charge < -0.3 is 15.2 Å². The number of carbonyl (C=O) groups is 1. The number of hydrogen-bond donors (Lipinski definition) is 2. The molecule has 2 rings (SSSR count). The van der Waals surface area contributed by atoms with E-state index in [1.54, 1.807) is 0 Å². The van der Waals surface area contributed by atoms with Crippen LogP contribution >= 0.6 is 0 Å². The normalized spacial score (nSPS) is 21.6. The van der Waals surface area contributed by atoms with E-state index in [4.69, 9.17) is 9.84 Å². The van der Waals surface area contributed by atoms with Gasteiger partial charge in [-0.3, -0.25) is 14.9 Å². The molecule has 1 aliphatic rings. The van der Waals surface area contributed by atoms with E-state index in [0.717, 1.165) is 12.8 Å². The summed E-state index contributed by atoms with van der Waals surface area (Å²) in [6.45, 7) is 0. The number of methoxy groups -OCH3 is 1. The zero-order valence-electron chi connectivity index (χ0n) is 11.6. The lowest BCUT2D eigenvalue weighted by Gasteiger charge is -2.27. The van der Waals surface area contributed by atoms with E-state index < -0.39 is 16.8 Å². The summed E-state index contributed by atoms with van der Waals surface area (Å²) in [7, 11) is 1.43. The molecule has 1 saturated carbocycles. The average Bonchev–Trinajstić information content (AvgIpc) is 2.47. The van der Waals surface area contributed by atoms with Gasteiger partial charge in [-0.15, -0.1) is 0 Å². The highest BCUT2D eigenvalue weighted by molar-refractivity contribution is 5.70. The van der Waals surface area contributed by atoms with Crippen LogP contribution in [0.3, 0.4) is 0 Å². The van der Waals surface area contributed by atoms with Gasteiger partial charge >= 0.3 is 11.7 Å². The molecule has 114 valence electrons. The van der Waals surface area contributed by atoms with Crippen molar-refractivity contribution in [3.05, 3.63) is 22.2 Å². The number of aromatic nitrogens is 1. The summed E-state index contributed by atoms with van der Waals surface area (Å²) in [5.41, 5.74) is -0.145. The molecule has 0 amide bonds. The number of nitro groups is 1. The van der Waals surface area contributed by atoms with Crippen molar-refractivity contribution in [1.29, 1.82) is 0 Å². The monoisotopic (exact) mass is 295 g/mol. The third-order valence-corrected chi connectivity index (χ3v) is 3.62. The first-order chi connectivity index (χ1) is 10.0. The van der Waals surface area contributed by atoms with Crippen LogP contribution in [0.4, 0.5) is 11.5 Å². The van der Waals surface area contributed by atoms with Crippen LogP contribution in [0.5, 0.6) is 5.88 Å². The summed E-state index contributed by atoms with van der Waals surface area (Å²) >= 11 is 0. The Balaban J connectivity index is 2.17. The molecular formula is C13H17N3O5. The first-order valence-electron chi connectivity index (χ1n) is 6.70. The second kappa shape index (κ2) is 6.38. The number of carboxylic acid groups (broad SMARTS) is 1. The van der Waals surface area contributed by atoms with Gasteiger partial charge in [0.15, 0.2) is 0 Å². The van der Waals surface area contributed by atoms with Gasteiger partial charge in [0.2, 0.25) is 11.7 Å². The van der Waals surface area contributed by atoms with E-state index >= 15 is 0 Å². The fourth-order valence-corrected chi connectivity index (χ4v) is 2.54. The number of hydrogen-bond acceptors (Lipinski definition) is 6. The number of nitrogens with one attached hydrogen (secondary N) is 1. The van der Waals surface area contributed by atoms with E-state index in [-0.39, 0.29) is 23.4 Å². The zero-order valence-corrected chi connectivity index (χ0v) is 11.6. The van der Waals surface area contributed by atoms with Crippen LogP contribution in [-0.4, -0.2) is 34.1 Å². The summed E-state index contributed by atoms with van der Waals surface area (Å²) in [5.74, 6) is -0.848. The molecule has 1 heterocycles. The van der Waals surface area contributed by atoms with Crippen LogP contribution in [-0.2, 0) is 4.79 Å². The van der Waals surface area contributed by atoms with Gasteiger partial charge in [0.05, 0.1) is 18.0 Å². The Kier molecular flexibility index (Phi) is 4.56. The fourth-order valence-electron chi connectivity index (χ4n) is 2.54. The van der Waals surface area contributed by atoms with Crippen molar-refractivity contribution in [2.75, 3.05) is 12.4 Å². The number of anilines is 1. The molecule has 0 spiro atoms. The molecule has 1 aromatic rings. The lowest BCUT2D eigenvalue weighted by molar-refractivity contribution is -0.384. The van der Waals surface area contributed by atoms with E-state index in [0.29, 0.717) is 12.8 Å². The number of rotatable bonds is 5. The van der Waals surface area contributed by atoms with Gasteiger partial charge in [-0.25, -0.2) is 0 Å². The van der Waals surface area contributed by atoms with Crippen LogP contribution in [0.15, 0.2) is 12.1 Å². The smallest absolute Gasteiger partial charge is 0.311 e.